The van der Waals surface area contributed by atoms with E-state index < -0.39 is 0 Å². The van der Waals surface area contributed by atoms with E-state index in [1.54, 1.807) is 17.5 Å². The minimum atomic E-state index is -0.251. The molecule has 29 heavy (non-hydrogen) atoms. The maximum atomic E-state index is 12.5. The Hall–Kier alpha value is -3.38. The van der Waals surface area contributed by atoms with Crippen molar-refractivity contribution < 1.29 is 9.21 Å². The summed E-state index contributed by atoms with van der Waals surface area (Å²) < 4.78 is 5.74. The van der Waals surface area contributed by atoms with Crippen LogP contribution in [0.15, 0.2) is 88.8 Å². The summed E-state index contributed by atoms with van der Waals surface area (Å²) in [5.74, 6) is 1.15. The second kappa shape index (κ2) is 9.21. The lowest BCUT2D eigenvalue weighted by atomic mass is 10.0. The molecule has 1 atom stereocenters. The van der Waals surface area contributed by atoms with Crippen LogP contribution in [0.2, 0.25) is 0 Å². The maximum Gasteiger partial charge on any atom is 0.315 e. The van der Waals surface area contributed by atoms with Crippen molar-refractivity contribution in [1.29, 1.82) is 0 Å². The summed E-state index contributed by atoms with van der Waals surface area (Å²) in [7, 11) is 0. The van der Waals surface area contributed by atoms with Crippen LogP contribution in [0.3, 0.4) is 0 Å². The molecule has 6 heteroatoms. The van der Waals surface area contributed by atoms with E-state index in [-0.39, 0.29) is 18.6 Å². The number of urea groups is 1. The first-order chi connectivity index (χ1) is 14.3. The molecule has 5 nitrogen and oxygen atoms in total. The summed E-state index contributed by atoms with van der Waals surface area (Å²) in [5, 5.41) is 7.93. The summed E-state index contributed by atoms with van der Waals surface area (Å²) in [6.07, 6.45) is 2.40. The van der Waals surface area contributed by atoms with E-state index in [9.17, 15) is 4.79 Å². The summed E-state index contributed by atoms with van der Waals surface area (Å²) >= 11 is 1.63. The first-order valence-electron chi connectivity index (χ1n) is 9.40. The van der Waals surface area contributed by atoms with Crippen molar-refractivity contribution in [3.05, 3.63) is 101 Å². The van der Waals surface area contributed by atoms with Gasteiger partial charge in [0.25, 0.3) is 0 Å². The molecule has 0 aliphatic carbocycles. The number of hydrogen-bond donors (Lipinski definition) is 2. The van der Waals surface area contributed by atoms with Gasteiger partial charge in [-0.05, 0) is 23.4 Å². The molecule has 0 saturated heterocycles. The molecule has 2 aromatic heterocycles. The Labute approximate surface area is 173 Å². The number of carbonyl (C=O) groups is 1. The lowest BCUT2D eigenvalue weighted by Crippen LogP contribution is -2.38. The quantitative estimate of drug-likeness (QED) is 0.446. The molecule has 0 aliphatic rings. The van der Waals surface area contributed by atoms with Gasteiger partial charge in [-0.25, -0.2) is 9.78 Å². The summed E-state index contributed by atoms with van der Waals surface area (Å²) in [5.41, 5.74) is 2.13. The topological polar surface area (TPSA) is 67.2 Å². The lowest BCUT2D eigenvalue weighted by Gasteiger charge is -2.18. The van der Waals surface area contributed by atoms with Gasteiger partial charge in [0.1, 0.15) is 0 Å². The van der Waals surface area contributed by atoms with E-state index in [1.165, 1.54) is 5.56 Å². The van der Waals surface area contributed by atoms with Gasteiger partial charge in [0.05, 0.1) is 18.8 Å². The zero-order chi connectivity index (χ0) is 19.9. The molecule has 2 aromatic carbocycles. The van der Waals surface area contributed by atoms with Crippen LogP contribution < -0.4 is 10.6 Å². The third-order valence-corrected chi connectivity index (χ3v) is 5.47. The fraction of sp³-hybridized carbons (Fsp3) is 0.130. The third kappa shape index (κ3) is 5.12. The number of thiophene rings is 1. The standard InChI is InChI=1S/C23H21N3O2S/c27-23(25-16-22-24-15-20(28-22)18-10-5-2-6-11-18)26-19(21-12-7-13-29-21)14-17-8-3-1-4-9-17/h1-13,15,19H,14,16H2,(H2,25,26,27). The molecule has 2 heterocycles. The highest BCUT2D eigenvalue weighted by Gasteiger charge is 2.17. The van der Waals surface area contributed by atoms with Crippen LogP contribution in [0.25, 0.3) is 11.3 Å². The first kappa shape index (κ1) is 19.0. The number of benzene rings is 2. The smallest absolute Gasteiger partial charge is 0.315 e. The second-order valence-electron chi connectivity index (χ2n) is 6.57. The molecule has 2 amide bonds. The zero-order valence-electron chi connectivity index (χ0n) is 15.7. The van der Waals surface area contributed by atoms with E-state index in [0.29, 0.717) is 11.7 Å². The molecule has 0 spiro atoms. The van der Waals surface area contributed by atoms with E-state index in [4.69, 9.17) is 4.42 Å². The van der Waals surface area contributed by atoms with Gasteiger partial charge in [0, 0.05) is 10.4 Å². The van der Waals surface area contributed by atoms with Crippen LogP contribution in [0.4, 0.5) is 4.79 Å². The number of carbonyl (C=O) groups excluding carboxylic acids is 1. The Balaban J connectivity index is 1.36. The van der Waals surface area contributed by atoms with Crippen LogP contribution in [-0.4, -0.2) is 11.0 Å². The van der Waals surface area contributed by atoms with Gasteiger partial charge in [-0.15, -0.1) is 11.3 Å². The number of aromatic nitrogens is 1. The SMILES string of the molecule is O=C(NCc1ncc(-c2ccccc2)o1)NC(Cc1ccccc1)c1cccs1. The molecule has 0 saturated carbocycles. The second-order valence-corrected chi connectivity index (χ2v) is 7.55. The molecular formula is C23H21N3O2S. The lowest BCUT2D eigenvalue weighted by molar-refractivity contribution is 0.235. The third-order valence-electron chi connectivity index (χ3n) is 4.49. The molecule has 0 fully saturated rings. The number of amides is 2. The zero-order valence-corrected chi connectivity index (χ0v) is 16.6. The summed E-state index contributed by atoms with van der Waals surface area (Å²) in [6, 6.07) is 23.6. The molecule has 4 aromatic rings. The number of rotatable bonds is 7. The Morgan fingerprint density at radius 3 is 2.48 bits per heavy atom. The molecule has 0 bridgehead atoms. The number of hydrogen-bond acceptors (Lipinski definition) is 4. The summed E-state index contributed by atoms with van der Waals surface area (Å²) in [6.45, 7) is 0.223. The monoisotopic (exact) mass is 403 g/mol. The average molecular weight is 404 g/mol. The van der Waals surface area contributed by atoms with Gasteiger partial charge in [-0.3, -0.25) is 0 Å². The van der Waals surface area contributed by atoms with Crippen LogP contribution in [0.5, 0.6) is 0 Å². The Bertz CT molecular complexity index is 1030. The molecule has 2 N–H and O–H groups in total. The highest BCUT2D eigenvalue weighted by atomic mass is 32.1. The molecular weight excluding hydrogens is 382 g/mol. The predicted octanol–water partition coefficient (Wildman–Crippen LogP) is 5.19. The minimum Gasteiger partial charge on any atom is -0.439 e. The largest absolute Gasteiger partial charge is 0.439 e. The number of nitrogens with zero attached hydrogens (tertiary/aromatic N) is 1. The van der Waals surface area contributed by atoms with Gasteiger partial charge in [-0.1, -0.05) is 66.7 Å². The van der Waals surface area contributed by atoms with E-state index in [0.717, 1.165) is 16.9 Å². The van der Waals surface area contributed by atoms with Crippen molar-refractivity contribution in [3.8, 4) is 11.3 Å². The van der Waals surface area contributed by atoms with E-state index >= 15 is 0 Å². The molecule has 146 valence electrons. The Morgan fingerprint density at radius 1 is 1.00 bits per heavy atom. The number of nitrogens with one attached hydrogen (secondary N) is 2. The molecule has 1 unspecified atom stereocenters. The molecule has 0 radical (unpaired) electrons. The minimum absolute atomic E-state index is 0.0955. The van der Waals surface area contributed by atoms with Crippen LogP contribution >= 0.6 is 11.3 Å². The van der Waals surface area contributed by atoms with E-state index in [1.807, 2.05) is 66.0 Å². The van der Waals surface area contributed by atoms with Gasteiger partial charge in [0.2, 0.25) is 5.89 Å². The Kier molecular flexibility index (Phi) is 6.02. The van der Waals surface area contributed by atoms with Crippen LogP contribution in [-0.2, 0) is 13.0 Å². The fourth-order valence-corrected chi connectivity index (χ4v) is 3.83. The highest BCUT2D eigenvalue weighted by Crippen LogP contribution is 2.23. The van der Waals surface area contributed by atoms with Crippen molar-refractivity contribution in [2.24, 2.45) is 0 Å². The first-order valence-corrected chi connectivity index (χ1v) is 10.3. The van der Waals surface area contributed by atoms with Crippen LogP contribution in [0.1, 0.15) is 22.4 Å². The van der Waals surface area contributed by atoms with Crippen molar-refractivity contribution in [2.75, 3.05) is 0 Å². The van der Waals surface area contributed by atoms with Gasteiger partial charge in [-0.2, -0.15) is 0 Å². The van der Waals surface area contributed by atoms with Crippen molar-refractivity contribution in [2.45, 2.75) is 19.0 Å². The number of oxazole rings is 1. The van der Waals surface area contributed by atoms with Crippen molar-refractivity contribution >= 4 is 17.4 Å². The molecule has 0 aliphatic heterocycles. The Morgan fingerprint density at radius 2 is 1.76 bits per heavy atom. The van der Waals surface area contributed by atoms with Crippen molar-refractivity contribution in [1.82, 2.24) is 15.6 Å². The van der Waals surface area contributed by atoms with Gasteiger partial charge < -0.3 is 15.1 Å². The summed E-state index contributed by atoms with van der Waals surface area (Å²) in [4.78, 5) is 17.9. The van der Waals surface area contributed by atoms with Crippen LogP contribution in [0, 0.1) is 0 Å². The normalized spacial score (nSPS) is 11.7. The van der Waals surface area contributed by atoms with Crippen molar-refractivity contribution in [3.63, 3.8) is 0 Å². The van der Waals surface area contributed by atoms with Gasteiger partial charge >= 0.3 is 6.03 Å². The predicted molar refractivity (Wildman–Crippen MR) is 115 cm³/mol. The molecule has 4 rings (SSSR count). The maximum absolute atomic E-state index is 12.5. The highest BCUT2D eigenvalue weighted by molar-refractivity contribution is 7.10. The average Bonchev–Trinajstić information content (AvgIpc) is 3.46. The van der Waals surface area contributed by atoms with Gasteiger partial charge in [0.15, 0.2) is 5.76 Å². The van der Waals surface area contributed by atoms with E-state index in [2.05, 4.69) is 27.8 Å². The fourth-order valence-electron chi connectivity index (χ4n) is 3.06.